The molecule has 0 bridgehead atoms. The molecule has 0 aliphatic heterocycles. The van der Waals surface area contributed by atoms with Crippen molar-refractivity contribution < 1.29 is 0 Å². The fourth-order valence-electron chi connectivity index (χ4n) is 2.91. The topological polar surface area (TPSA) is 24.9 Å². The number of likely N-dealkylation sites (N-methyl/N-ethyl adjacent to an activating group) is 1. The van der Waals surface area contributed by atoms with Crippen molar-refractivity contribution in [1.29, 1.82) is 0 Å². The molecule has 0 atom stereocenters. The lowest BCUT2D eigenvalue weighted by Crippen LogP contribution is -2.22. The minimum absolute atomic E-state index is 0.787. The van der Waals surface area contributed by atoms with Crippen LogP contribution >= 0.6 is 11.3 Å². The van der Waals surface area contributed by atoms with Crippen molar-refractivity contribution in [3.05, 3.63) is 21.2 Å². The molecule has 1 aromatic rings. The van der Waals surface area contributed by atoms with Gasteiger partial charge in [-0.05, 0) is 45.2 Å². The maximum Gasteiger partial charge on any atom is 0.0903 e. The number of rotatable bonds is 5. The molecule has 0 saturated heterocycles. The summed E-state index contributed by atoms with van der Waals surface area (Å²) in [6, 6.07) is 0. The second kappa shape index (κ2) is 7.20. The molecule has 1 N–H and O–H groups in total. The van der Waals surface area contributed by atoms with E-state index >= 15 is 0 Å². The van der Waals surface area contributed by atoms with Crippen LogP contribution in [0.4, 0.5) is 0 Å². The Bertz CT molecular complexity index is 428. The molecular formula is C16H26N2S. The molecule has 0 radical (unpaired) electrons. The molecule has 2 rings (SSSR count). The highest BCUT2D eigenvalue weighted by atomic mass is 32.1. The summed E-state index contributed by atoms with van der Waals surface area (Å²) < 4.78 is 0. The van der Waals surface area contributed by atoms with Crippen molar-refractivity contribution in [2.24, 2.45) is 5.92 Å². The van der Waals surface area contributed by atoms with Gasteiger partial charge in [0.15, 0.2) is 0 Å². The number of hydrogen-bond donors (Lipinski definition) is 1. The molecule has 0 amide bonds. The predicted molar refractivity (Wildman–Crippen MR) is 84.7 cm³/mol. The molecule has 0 spiro atoms. The van der Waals surface area contributed by atoms with E-state index in [0.29, 0.717) is 0 Å². The second-order valence-corrected chi connectivity index (χ2v) is 6.75. The van der Waals surface area contributed by atoms with Crippen molar-refractivity contribution in [2.75, 3.05) is 13.1 Å². The molecule has 1 aliphatic rings. The minimum atomic E-state index is 0.787. The van der Waals surface area contributed by atoms with Crippen LogP contribution in [-0.2, 0) is 0 Å². The molecule has 1 aromatic heterocycles. The van der Waals surface area contributed by atoms with Crippen LogP contribution in [0.2, 0.25) is 0 Å². The maximum atomic E-state index is 4.54. The van der Waals surface area contributed by atoms with E-state index < -0.39 is 0 Å². The summed E-state index contributed by atoms with van der Waals surface area (Å²) in [5.74, 6) is 0.787. The van der Waals surface area contributed by atoms with Crippen LogP contribution in [0, 0.1) is 19.8 Å². The fourth-order valence-corrected chi connectivity index (χ4v) is 3.81. The lowest BCUT2D eigenvalue weighted by atomic mass is 9.83. The average Bonchev–Trinajstić information content (AvgIpc) is 2.73. The number of aromatic nitrogens is 1. The largest absolute Gasteiger partial charge is 0.313 e. The van der Waals surface area contributed by atoms with Crippen molar-refractivity contribution in [3.63, 3.8) is 0 Å². The summed E-state index contributed by atoms with van der Waals surface area (Å²) in [7, 11) is 0. The number of aryl methyl sites for hydroxylation is 2. The van der Waals surface area contributed by atoms with E-state index in [1.165, 1.54) is 47.7 Å². The molecule has 1 saturated carbocycles. The van der Waals surface area contributed by atoms with Crippen LogP contribution < -0.4 is 5.32 Å². The Labute approximate surface area is 121 Å². The van der Waals surface area contributed by atoms with E-state index in [0.717, 1.165) is 19.0 Å². The van der Waals surface area contributed by atoms with Gasteiger partial charge in [0.1, 0.15) is 0 Å². The first kappa shape index (κ1) is 14.7. The third-order valence-corrected chi connectivity index (χ3v) is 4.98. The lowest BCUT2D eigenvalue weighted by molar-refractivity contribution is 0.397. The average molecular weight is 278 g/mol. The van der Waals surface area contributed by atoms with Crippen molar-refractivity contribution >= 4 is 17.4 Å². The fraction of sp³-hybridized carbons (Fsp3) is 0.688. The van der Waals surface area contributed by atoms with Crippen molar-refractivity contribution in [2.45, 2.75) is 52.9 Å². The van der Waals surface area contributed by atoms with E-state index in [9.17, 15) is 0 Å². The Morgan fingerprint density at radius 2 is 2.05 bits per heavy atom. The van der Waals surface area contributed by atoms with Crippen LogP contribution in [-0.4, -0.2) is 18.1 Å². The highest BCUT2D eigenvalue weighted by Gasteiger charge is 2.18. The monoisotopic (exact) mass is 278 g/mol. The summed E-state index contributed by atoms with van der Waals surface area (Å²) in [4.78, 5) is 5.90. The zero-order valence-electron chi connectivity index (χ0n) is 12.5. The molecule has 0 unspecified atom stereocenters. The van der Waals surface area contributed by atoms with Gasteiger partial charge < -0.3 is 5.32 Å². The quantitative estimate of drug-likeness (QED) is 0.867. The van der Waals surface area contributed by atoms with Gasteiger partial charge in [0.2, 0.25) is 0 Å². The van der Waals surface area contributed by atoms with E-state index in [-0.39, 0.29) is 0 Å². The summed E-state index contributed by atoms with van der Waals surface area (Å²) in [5.41, 5.74) is 2.78. The van der Waals surface area contributed by atoms with Crippen LogP contribution in [0.15, 0.2) is 5.57 Å². The summed E-state index contributed by atoms with van der Waals surface area (Å²) >= 11 is 1.82. The van der Waals surface area contributed by atoms with Gasteiger partial charge in [0, 0.05) is 6.54 Å². The van der Waals surface area contributed by atoms with Crippen LogP contribution in [0.3, 0.4) is 0 Å². The standard InChI is InChI=1S/C16H26N2S/c1-4-17-11-15(14-8-6-5-7-9-14)10-16-12(2)18-13(3)19-16/h10,14,17H,4-9,11H2,1-3H3. The van der Waals surface area contributed by atoms with E-state index in [2.05, 4.69) is 37.1 Å². The summed E-state index contributed by atoms with van der Waals surface area (Å²) in [5, 5.41) is 4.68. The summed E-state index contributed by atoms with van der Waals surface area (Å²) in [6.45, 7) is 8.49. The highest BCUT2D eigenvalue weighted by Crippen LogP contribution is 2.32. The number of hydrogen-bond acceptors (Lipinski definition) is 3. The van der Waals surface area contributed by atoms with Crippen LogP contribution in [0.25, 0.3) is 6.08 Å². The van der Waals surface area contributed by atoms with Gasteiger partial charge in [-0.15, -0.1) is 11.3 Å². The first-order valence-corrected chi connectivity index (χ1v) is 8.37. The van der Waals surface area contributed by atoms with Crippen molar-refractivity contribution in [1.82, 2.24) is 10.3 Å². The molecular weight excluding hydrogens is 252 g/mol. The first-order valence-electron chi connectivity index (χ1n) is 7.56. The Morgan fingerprint density at radius 3 is 2.63 bits per heavy atom. The molecule has 1 fully saturated rings. The van der Waals surface area contributed by atoms with E-state index in [1.54, 1.807) is 5.57 Å². The Morgan fingerprint density at radius 1 is 1.32 bits per heavy atom. The third kappa shape index (κ3) is 4.15. The van der Waals surface area contributed by atoms with Crippen LogP contribution in [0.1, 0.15) is 54.6 Å². The molecule has 1 aliphatic carbocycles. The smallest absolute Gasteiger partial charge is 0.0903 e. The number of thiazole rings is 1. The maximum absolute atomic E-state index is 4.54. The molecule has 2 nitrogen and oxygen atoms in total. The normalized spacial score (nSPS) is 17.9. The Hall–Kier alpha value is -0.670. The van der Waals surface area contributed by atoms with Crippen LogP contribution in [0.5, 0.6) is 0 Å². The predicted octanol–water partition coefficient (Wildman–Crippen LogP) is 4.33. The molecule has 0 aromatic carbocycles. The van der Waals surface area contributed by atoms with E-state index in [1.807, 2.05) is 11.3 Å². The zero-order valence-corrected chi connectivity index (χ0v) is 13.3. The molecule has 3 heteroatoms. The van der Waals surface area contributed by atoms with Gasteiger partial charge >= 0.3 is 0 Å². The first-order chi connectivity index (χ1) is 9.20. The van der Waals surface area contributed by atoms with E-state index in [4.69, 9.17) is 0 Å². The molecule has 1 heterocycles. The molecule has 19 heavy (non-hydrogen) atoms. The highest BCUT2D eigenvalue weighted by molar-refractivity contribution is 7.12. The van der Waals surface area contributed by atoms with Gasteiger partial charge in [-0.2, -0.15) is 0 Å². The Kier molecular flexibility index (Phi) is 5.59. The number of nitrogens with zero attached hydrogens (tertiary/aromatic N) is 1. The van der Waals surface area contributed by atoms with Gasteiger partial charge in [-0.1, -0.05) is 31.8 Å². The second-order valence-electron chi connectivity index (χ2n) is 5.52. The minimum Gasteiger partial charge on any atom is -0.313 e. The third-order valence-electron chi connectivity index (χ3n) is 3.96. The zero-order chi connectivity index (χ0) is 13.7. The lowest BCUT2D eigenvalue weighted by Gasteiger charge is -2.25. The molecule has 106 valence electrons. The van der Waals surface area contributed by atoms with Gasteiger partial charge in [0.05, 0.1) is 15.6 Å². The van der Waals surface area contributed by atoms with Gasteiger partial charge in [0.25, 0.3) is 0 Å². The van der Waals surface area contributed by atoms with Gasteiger partial charge in [-0.25, -0.2) is 4.98 Å². The number of nitrogens with one attached hydrogen (secondary N) is 1. The summed E-state index contributed by atoms with van der Waals surface area (Å²) in [6.07, 6.45) is 9.37. The SMILES string of the molecule is CCNCC(=Cc1sc(C)nc1C)C1CCCCC1. The van der Waals surface area contributed by atoms with Gasteiger partial charge in [-0.3, -0.25) is 0 Å². The Balaban J connectivity index is 2.17. The van der Waals surface area contributed by atoms with Crippen molar-refractivity contribution in [3.8, 4) is 0 Å².